The maximum atomic E-state index is 13.6. The summed E-state index contributed by atoms with van der Waals surface area (Å²) in [5.41, 5.74) is -7.56. The van der Waals surface area contributed by atoms with E-state index < -0.39 is 49.6 Å². The first-order chi connectivity index (χ1) is 15.2. The van der Waals surface area contributed by atoms with E-state index in [0.717, 1.165) is 12.1 Å². The van der Waals surface area contributed by atoms with Crippen molar-refractivity contribution >= 4 is 33.2 Å². The molecule has 2 aromatic carbocycles. The van der Waals surface area contributed by atoms with Crippen molar-refractivity contribution in [1.82, 2.24) is 9.78 Å². The predicted octanol–water partition coefficient (Wildman–Crippen LogP) is 5.45. The van der Waals surface area contributed by atoms with E-state index in [-0.39, 0.29) is 10.7 Å². The highest BCUT2D eigenvalue weighted by Gasteiger charge is 2.47. The molecule has 1 amide bonds. The Bertz CT molecular complexity index is 1290. The third-order valence-electron chi connectivity index (χ3n) is 3.97. The Morgan fingerprint density at radius 2 is 1.67 bits per heavy atom. The lowest BCUT2D eigenvalue weighted by Gasteiger charge is -2.13. The maximum absolute atomic E-state index is 13.6. The van der Waals surface area contributed by atoms with Crippen molar-refractivity contribution in [3.63, 3.8) is 0 Å². The molecule has 0 aliphatic heterocycles. The third-order valence-corrected chi connectivity index (χ3v) is 5.71. The molecule has 1 heterocycles. The Morgan fingerprint density at radius 3 is 2.24 bits per heavy atom. The number of carbonyl (C=O) groups is 1. The van der Waals surface area contributed by atoms with Crippen LogP contribution in [0.25, 0.3) is 5.69 Å². The average molecular weight is 514 g/mol. The Labute approximate surface area is 186 Å². The molecule has 15 heteroatoms. The van der Waals surface area contributed by atoms with Crippen LogP contribution < -0.4 is 10.1 Å². The van der Waals surface area contributed by atoms with Crippen LogP contribution in [-0.4, -0.2) is 29.8 Å². The fourth-order valence-corrected chi connectivity index (χ4v) is 3.50. The van der Waals surface area contributed by atoms with Crippen LogP contribution in [0.1, 0.15) is 5.69 Å². The summed E-state index contributed by atoms with van der Waals surface area (Å²) in [5, 5.41) is 5.69. The molecule has 0 saturated heterocycles. The largest absolute Gasteiger partial charge is 0.501 e. The van der Waals surface area contributed by atoms with Gasteiger partial charge >= 0.3 is 17.8 Å². The molecule has 0 atom stereocenters. The van der Waals surface area contributed by atoms with Gasteiger partial charge in [0.2, 0.25) is 0 Å². The van der Waals surface area contributed by atoms with Gasteiger partial charge < -0.3 is 4.74 Å². The number of alkyl halides is 6. The molecule has 7 nitrogen and oxygen atoms in total. The Morgan fingerprint density at radius 1 is 1.03 bits per heavy atom. The number of hydrogen-bond acceptors (Lipinski definition) is 5. The molecule has 3 aromatic rings. The van der Waals surface area contributed by atoms with E-state index in [2.05, 4.69) is 9.84 Å². The SMILES string of the molecule is O=C(Nc1cccc(S(=O)(=O)C(F)(F)F)c1)Oc1cnn(-c2ccc(Cl)cc2)c1C(F)(F)F. The van der Waals surface area contributed by atoms with E-state index in [0.29, 0.717) is 23.0 Å². The van der Waals surface area contributed by atoms with E-state index >= 15 is 0 Å². The normalized spacial score (nSPS) is 12.5. The molecule has 0 radical (unpaired) electrons. The summed E-state index contributed by atoms with van der Waals surface area (Å²) in [4.78, 5) is 10.9. The number of rotatable bonds is 4. The lowest BCUT2D eigenvalue weighted by Crippen LogP contribution is -2.24. The molecular formula is C18H10ClF6N3O4S. The monoisotopic (exact) mass is 513 g/mol. The van der Waals surface area contributed by atoms with Gasteiger partial charge in [0.1, 0.15) is 0 Å². The second-order valence-corrected chi connectivity index (χ2v) is 8.61. The fourth-order valence-electron chi connectivity index (χ4n) is 2.56. The molecule has 0 saturated carbocycles. The van der Waals surface area contributed by atoms with Gasteiger partial charge in [-0.15, -0.1) is 0 Å². The minimum Gasteiger partial charge on any atom is -0.406 e. The van der Waals surface area contributed by atoms with Crippen LogP contribution in [0.3, 0.4) is 0 Å². The number of sulfone groups is 1. The smallest absolute Gasteiger partial charge is 0.406 e. The number of carbonyl (C=O) groups excluding carboxylic acids is 1. The summed E-state index contributed by atoms with van der Waals surface area (Å²) in [7, 11) is -5.71. The van der Waals surface area contributed by atoms with Gasteiger partial charge in [0.25, 0.3) is 9.84 Å². The van der Waals surface area contributed by atoms with Crippen LogP contribution in [0.2, 0.25) is 5.02 Å². The van der Waals surface area contributed by atoms with Crippen molar-refractivity contribution in [3.05, 3.63) is 65.4 Å². The van der Waals surface area contributed by atoms with Gasteiger partial charge in [-0.1, -0.05) is 17.7 Å². The summed E-state index contributed by atoms with van der Waals surface area (Å²) in [5.74, 6) is -1.01. The van der Waals surface area contributed by atoms with Gasteiger partial charge in [-0.2, -0.15) is 31.4 Å². The van der Waals surface area contributed by atoms with E-state index in [9.17, 15) is 39.6 Å². The molecule has 33 heavy (non-hydrogen) atoms. The van der Waals surface area contributed by atoms with Crippen molar-refractivity contribution in [2.45, 2.75) is 16.6 Å². The first-order valence-electron chi connectivity index (χ1n) is 8.51. The number of halogens is 7. The number of aromatic nitrogens is 2. The van der Waals surface area contributed by atoms with Crippen LogP contribution in [0.15, 0.2) is 59.6 Å². The standard InChI is InChI=1S/C18H10ClF6N3O4S/c19-10-4-6-12(7-5-10)28-15(17(20,21)22)14(9-26-28)32-16(29)27-11-2-1-3-13(8-11)33(30,31)18(23,24)25/h1-9H,(H,27,29). The second kappa shape index (κ2) is 8.59. The third kappa shape index (κ3) is 5.22. The van der Waals surface area contributed by atoms with Crippen LogP contribution in [-0.2, 0) is 16.0 Å². The van der Waals surface area contributed by atoms with Crippen molar-refractivity contribution in [2.75, 3.05) is 5.32 Å². The number of hydrogen-bond donors (Lipinski definition) is 1. The molecule has 0 aliphatic rings. The highest BCUT2D eigenvalue weighted by Crippen LogP contribution is 2.38. The van der Waals surface area contributed by atoms with Crippen molar-refractivity contribution < 1.29 is 44.3 Å². The molecule has 0 spiro atoms. The first kappa shape index (κ1) is 24.4. The molecule has 176 valence electrons. The van der Waals surface area contributed by atoms with Crippen LogP contribution in [0.4, 0.5) is 36.8 Å². The van der Waals surface area contributed by atoms with E-state index in [1.807, 2.05) is 5.32 Å². The van der Waals surface area contributed by atoms with Crippen LogP contribution >= 0.6 is 11.6 Å². The molecule has 0 unspecified atom stereocenters. The lowest BCUT2D eigenvalue weighted by molar-refractivity contribution is -0.143. The van der Waals surface area contributed by atoms with Gasteiger partial charge in [-0.25, -0.2) is 17.9 Å². The van der Waals surface area contributed by atoms with E-state index in [1.54, 1.807) is 0 Å². The first-order valence-corrected chi connectivity index (χ1v) is 10.4. The Kier molecular flexibility index (Phi) is 6.35. The Balaban J connectivity index is 1.87. The molecule has 1 N–H and O–H groups in total. The highest BCUT2D eigenvalue weighted by atomic mass is 35.5. The quantitative estimate of drug-likeness (QED) is 0.469. The number of amides is 1. The van der Waals surface area contributed by atoms with Crippen molar-refractivity contribution in [3.8, 4) is 11.4 Å². The molecule has 0 aliphatic carbocycles. The summed E-state index contributed by atoms with van der Waals surface area (Å²) in [6, 6.07) is 8.12. The molecular weight excluding hydrogens is 504 g/mol. The summed E-state index contributed by atoms with van der Waals surface area (Å²) in [6.45, 7) is 0. The van der Waals surface area contributed by atoms with Gasteiger partial charge in [-0.3, -0.25) is 5.32 Å². The minimum atomic E-state index is -5.71. The lowest BCUT2D eigenvalue weighted by atomic mass is 10.3. The highest BCUT2D eigenvalue weighted by molar-refractivity contribution is 7.92. The number of ether oxygens (including phenoxy) is 1. The minimum absolute atomic E-state index is 0.0490. The molecule has 0 bridgehead atoms. The maximum Gasteiger partial charge on any atom is 0.501 e. The second-order valence-electron chi connectivity index (χ2n) is 6.23. The molecule has 3 rings (SSSR count). The summed E-state index contributed by atoms with van der Waals surface area (Å²) < 4.78 is 107. The Hall–Kier alpha value is -3.26. The van der Waals surface area contributed by atoms with Gasteiger partial charge in [0.05, 0.1) is 16.8 Å². The van der Waals surface area contributed by atoms with Gasteiger partial charge in [0, 0.05) is 10.7 Å². The summed E-state index contributed by atoms with van der Waals surface area (Å²) in [6.07, 6.45) is -5.94. The predicted molar refractivity (Wildman–Crippen MR) is 103 cm³/mol. The van der Waals surface area contributed by atoms with Gasteiger partial charge in [-0.05, 0) is 42.5 Å². The number of nitrogens with zero attached hydrogens (tertiary/aromatic N) is 2. The van der Waals surface area contributed by atoms with E-state index in [1.165, 1.54) is 24.3 Å². The van der Waals surface area contributed by atoms with Gasteiger partial charge in [0.15, 0.2) is 11.4 Å². The zero-order valence-corrected chi connectivity index (χ0v) is 17.3. The zero-order valence-electron chi connectivity index (χ0n) is 15.8. The zero-order chi connectivity index (χ0) is 24.6. The average Bonchev–Trinajstić information content (AvgIpc) is 3.11. The summed E-state index contributed by atoms with van der Waals surface area (Å²) >= 11 is 5.71. The van der Waals surface area contributed by atoms with Crippen molar-refractivity contribution in [2.24, 2.45) is 0 Å². The number of benzene rings is 2. The van der Waals surface area contributed by atoms with Crippen LogP contribution in [0, 0.1) is 0 Å². The van der Waals surface area contributed by atoms with Crippen LogP contribution in [0.5, 0.6) is 5.75 Å². The number of anilines is 1. The van der Waals surface area contributed by atoms with E-state index in [4.69, 9.17) is 11.6 Å². The molecule has 1 aromatic heterocycles. The fraction of sp³-hybridized carbons (Fsp3) is 0.111. The van der Waals surface area contributed by atoms with Crippen molar-refractivity contribution in [1.29, 1.82) is 0 Å². The molecule has 0 fully saturated rings. The topological polar surface area (TPSA) is 90.3 Å². The number of nitrogens with one attached hydrogen (secondary N) is 1.